The van der Waals surface area contributed by atoms with Crippen LogP contribution >= 0.6 is 0 Å². The molecular weight excluding hydrogens is 403 g/mol. The minimum atomic E-state index is -4.50. The van der Waals surface area contributed by atoms with E-state index in [2.05, 4.69) is 15.1 Å². The van der Waals surface area contributed by atoms with Gasteiger partial charge < -0.3 is 19.1 Å². The van der Waals surface area contributed by atoms with Gasteiger partial charge in [0.2, 0.25) is 17.6 Å². The number of nitrogens with zero attached hydrogens (tertiary/aromatic N) is 5. The Labute approximate surface area is 171 Å². The first-order chi connectivity index (χ1) is 14.3. The highest BCUT2D eigenvalue weighted by Gasteiger charge is 2.38. The molecule has 162 valence electrons. The number of piperidine rings is 1. The average molecular weight is 425 g/mol. The number of rotatable bonds is 3. The molecule has 0 aromatic carbocycles. The predicted molar refractivity (Wildman–Crippen MR) is 98.5 cm³/mol. The lowest BCUT2D eigenvalue weighted by Gasteiger charge is -2.38. The second kappa shape index (κ2) is 8.21. The second-order valence-electron chi connectivity index (χ2n) is 7.47. The van der Waals surface area contributed by atoms with Crippen molar-refractivity contribution < 1.29 is 27.2 Å². The van der Waals surface area contributed by atoms with Crippen molar-refractivity contribution in [2.75, 3.05) is 37.7 Å². The van der Waals surface area contributed by atoms with Crippen LogP contribution in [0.5, 0.6) is 0 Å². The monoisotopic (exact) mass is 425 g/mol. The molecule has 0 spiro atoms. The molecule has 0 N–H and O–H groups in total. The molecule has 0 aliphatic carbocycles. The summed E-state index contributed by atoms with van der Waals surface area (Å²) in [6.07, 6.45) is -2.40. The molecular formula is C19H22F3N5O3. The Kier molecular flexibility index (Phi) is 5.63. The third kappa shape index (κ3) is 4.25. The number of pyridine rings is 1. The topological polar surface area (TPSA) is 84.6 Å². The molecule has 2 aliphatic rings. The van der Waals surface area contributed by atoms with Crippen molar-refractivity contribution >= 4 is 11.7 Å². The van der Waals surface area contributed by atoms with Crippen LogP contribution in [0.4, 0.5) is 19.0 Å². The molecule has 0 unspecified atom stereocenters. The summed E-state index contributed by atoms with van der Waals surface area (Å²) in [5.41, 5.74) is -0.781. The smallest absolute Gasteiger partial charge is 0.366 e. The van der Waals surface area contributed by atoms with Crippen molar-refractivity contribution in [2.45, 2.75) is 32.0 Å². The maximum atomic E-state index is 13.4. The number of alkyl halides is 3. The van der Waals surface area contributed by atoms with Gasteiger partial charge in [0.05, 0.1) is 24.6 Å². The van der Waals surface area contributed by atoms with Crippen molar-refractivity contribution in [1.82, 2.24) is 20.0 Å². The predicted octanol–water partition coefficient (Wildman–Crippen LogP) is 2.61. The van der Waals surface area contributed by atoms with E-state index in [0.717, 1.165) is 6.07 Å². The summed E-state index contributed by atoms with van der Waals surface area (Å²) in [5.74, 6) is 0.171. The van der Waals surface area contributed by atoms with Gasteiger partial charge in [-0.3, -0.25) is 4.79 Å². The lowest BCUT2D eigenvalue weighted by atomic mass is 9.95. The fraction of sp³-hybridized carbons (Fsp3) is 0.579. The SMILES string of the molecule is Cc1nc([C@@H]2CN(C(=O)[C@@H]3CCCN(c4ncccc4C(F)(F)F)C3)CCO2)no1. The molecule has 30 heavy (non-hydrogen) atoms. The Morgan fingerprint density at radius 2 is 2.10 bits per heavy atom. The number of aryl methyl sites for hydroxylation is 1. The summed E-state index contributed by atoms with van der Waals surface area (Å²) in [7, 11) is 0. The molecule has 0 bridgehead atoms. The molecule has 0 saturated carbocycles. The highest BCUT2D eigenvalue weighted by atomic mass is 19.4. The number of morpholine rings is 1. The van der Waals surface area contributed by atoms with Crippen LogP contribution < -0.4 is 4.90 Å². The van der Waals surface area contributed by atoms with Gasteiger partial charge in [-0.25, -0.2) is 4.98 Å². The van der Waals surface area contributed by atoms with Gasteiger partial charge in [0, 0.05) is 32.8 Å². The molecule has 0 radical (unpaired) electrons. The lowest BCUT2D eigenvalue weighted by molar-refractivity contribution is -0.144. The quantitative estimate of drug-likeness (QED) is 0.747. The Morgan fingerprint density at radius 3 is 2.83 bits per heavy atom. The number of carbonyl (C=O) groups excluding carboxylic acids is 1. The van der Waals surface area contributed by atoms with E-state index in [-0.39, 0.29) is 24.8 Å². The van der Waals surface area contributed by atoms with Crippen LogP contribution in [0.3, 0.4) is 0 Å². The highest BCUT2D eigenvalue weighted by Crippen LogP contribution is 2.36. The van der Waals surface area contributed by atoms with E-state index in [9.17, 15) is 18.0 Å². The Balaban J connectivity index is 1.46. The van der Waals surface area contributed by atoms with Crippen LogP contribution in [0.1, 0.15) is 36.2 Å². The summed E-state index contributed by atoms with van der Waals surface area (Å²) >= 11 is 0. The van der Waals surface area contributed by atoms with Crippen LogP contribution in [0, 0.1) is 12.8 Å². The van der Waals surface area contributed by atoms with Crippen LogP contribution in [0.15, 0.2) is 22.9 Å². The van der Waals surface area contributed by atoms with Gasteiger partial charge in [0.15, 0.2) is 0 Å². The number of carbonyl (C=O) groups is 1. The molecule has 2 atom stereocenters. The molecule has 2 aliphatic heterocycles. The zero-order valence-corrected chi connectivity index (χ0v) is 16.4. The summed E-state index contributed by atoms with van der Waals surface area (Å²) in [4.78, 5) is 24.5. The third-order valence-corrected chi connectivity index (χ3v) is 5.37. The number of hydrogen-bond acceptors (Lipinski definition) is 7. The number of ether oxygens (including phenoxy) is 1. The van der Waals surface area contributed by atoms with E-state index in [1.165, 1.54) is 12.3 Å². The highest BCUT2D eigenvalue weighted by molar-refractivity contribution is 5.80. The zero-order valence-electron chi connectivity index (χ0n) is 16.4. The third-order valence-electron chi connectivity index (χ3n) is 5.37. The number of halogens is 3. The van der Waals surface area contributed by atoms with E-state index >= 15 is 0 Å². The van der Waals surface area contributed by atoms with Gasteiger partial charge in [0.25, 0.3) is 0 Å². The van der Waals surface area contributed by atoms with Crippen molar-refractivity contribution in [1.29, 1.82) is 0 Å². The standard InChI is InChI=1S/C19H22F3N5O3/c1-12-24-16(25-30-12)15-11-27(8-9-29-15)18(28)13-4-3-7-26(10-13)17-14(19(20,21)22)5-2-6-23-17/h2,5-6,13,15H,3-4,7-11H2,1H3/t13-,15+/m1/s1. The molecule has 2 saturated heterocycles. The van der Waals surface area contributed by atoms with Gasteiger partial charge in [-0.05, 0) is 25.0 Å². The summed E-state index contributed by atoms with van der Waals surface area (Å²) < 4.78 is 50.8. The van der Waals surface area contributed by atoms with Crippen molar-refractivity contribution in [3.05, 3.63) is 35.6 Å². The minimum absolute atomic E-state index is 0.0993. The molecule has 2 fully saturated rings. The normalized spacial score (nSPS) is 22.9. The summed E-state index contributed by atoms with van der Waals surface area (Å²) in [6, 6.07) is 2.29. The van der Waals surface area contributed by atoms with Crippen LogP contribution in [0.2, 0.25) is 0 Å². The maximum absolute atomic E-state index is 13.4. The largest absolute Gasteiger partial charge is 0.419 e. The van der Waals surface area contributed by atoms with Gasteiger partial charge >= 0.3 is 6.18 Å². The number of anilines is 1. The molecule has 8 nitrogen and oxygen atoms in total. The van der Waals surface area contributed by atoms with Gasteiger partial charge in [0.1, 0.15) is 11.9 Å². The van der Waals surface area contributed by atoms with Gasteiger partial charge in [-0.1, -0.05) is 5.16 Å². The molecule has 2 aromatic rings. The van der Waals surface area contributed by atoms with Crippen LogP contribution in [-0.4, -0.2) is 58.7 Å². The number of hydrogen-bond donors (Lipinski definition) is 0. The van der Waals surface area contributed by atoms with E-state index in [1.54, 1.807) is 16.7 Å². The van der Waals surface area contributed by atoms with Crippen molar-refractivity contribution in [2.24, 2.45) is 5.92 Å². The molecule has 2 aromatic heterocycles. The Bertz CT molecular complexity index is 904. The van der Waals surface area contributed by atoms with E-state index in [1.807, 2.05) is 0 Å². The van der Waals surface area contributed by atoms with Crippen molar-refractivity contribution in [3.63, 3.8) is 0 Å². The first-order valence-electron chi connectivity index (χ1n) is 9.80. The van der Waals surface area contributed by atoms with Crippen molar-refractivity contribution in [3.8, 4) is 0 Å². The maximum Gasteiger partial charge on any atom is 0.419 e. The summed E-state index contributed by atoms with van der Waals surface area (Å²) in [5, 5.41) is 3.86. The minimum Gasteiger partial charge on any atom is -0.366 e. The molecule has 11 heteroatoms. The molecule has 1 amide bonds. The van der Waals surface area contributed by atoms with Crippen LogP contribution in [0.25, 0.3) is 0 Å². The van der Waals surface area contributed by atoms with Crippen LogP contribution in [-0.2, 0) is 15.7 Å². The van der Waals surface area contributed by atoms with Gasteiger partial charge in [-0.15, -0.1) is 0 Å². The molecule has 4 rings (SSSR count). The second-order valence-corrected chi connectivity index (χ2v) is 7.47. The van der Waals surface area contributed by atoms with Gasteiger partial charge in [-0.2, -0.15) is 18.2 Å². The Hall–Kier alpha value is -2.69. The van der Waals surface area contributed by atoms with E-state index in [4.69, 9.17) is 9.26 Å². The first kappa shape index (κ1) is 20.6. The Morgan fingerprint density at radius 1 is 1.27 bits per heavy atom. The summed E-state index contributed by atoms with van der Waals surface area (Å²) in [6.45, 7) is 3.33. The average Bonchev–Trinajstić information content (AvgIpc) is 3.19. The molecule has 4 heterocycles. The lowest BCUT2D eigenvalue weighted by Crippen LogP contribution is -2.49. The number of amides is 1. The first-order valence-corrected chi connectivity index (χ1v) is 9.80. The van der Waals surface area contributed by atoms with E-state index in [0.29, 0.717) is 44.3 Å². The van der Waals surface area contributed by atoms with E-state index < -0.39 is 23.8 Å². The zero-order chi connectivity index (χ0) is 21.3. The number of aromatic nitrogens is 3. The fourth-order valence-corrected chi connectivity index (χ4v) is 3.95. The fourth-order valence-electron chi connectivity index (χ4n) is 3.95.